The summed E-state index contributed by atoms with van der Waals surface area (Å²) in [5, 5.41) is 17.9. The first-order chi connectivity index (χ1) is 12.5. The summed E-state index contributed by atoms with van der Waals surface area (Å²) < 4.78 is 6.64. The van der Waals surface area contributed by atoms with Gasteiger partial charge in [-0.2, -0.15) is 5.10 Å². The fourth-order valence-electron chi connectivity index (χ4n) is 2.88. The van der Waals surface area contributed by atoms with E-state index in [2.05, 4.69) is 20.3 Å². The summed E-state index contributed by atoms with van der Waals surface area (Å²) in [6.07, 6.45) is 4.34. The van der Waals surface area contributed by atoms with Crippen molar-refractivity contribution in [2.45, 2.75) is 33.2 Å². The van der Waals surface area contributed by atoms with Crippen molar-refractivity contribution in [3.05, 3.63) is 22.5 Å². The van der Waals surface area contributed by atoms with E-state index in [1.54, 1.807) is 0 Å². The van der Waals surface area contributed by atoms with E-state index in [9.17, 15) is 14.9 Å². The first kappa shape index (κ1) is 23.1. The van der Waals surface area contributed by atoms with Gasteiger partial charge in [-0.1, -0.05) is 0 Å². The van der Waals surface area contributed by atoms with E-state index in [4.69, 9.17) is 4.74 Å². The van der Waals surface area contributed by atoms with Crippen molar-refractivity contribution in [2.24, 2.45) is 10.9 Å². The highest BCUT2D eigenvalue weighted by Crippen LogP contribution is 2.18. The second kappa shape index (κ2) is 11.7. The van der Waals surface area contributed by atoms with Crippen LogP contribution in [-0.2, 0) is 16.1 Å². The number of carbonyl (C=O) groups is 1. The van der Waals surface area contributed by atoms with Crippen molar-refractivity contribution >= 4 is 41.6 Å². The highest BCUT2D eigenvalue weighted by molar-refractivity contribution is 14.0. The molecule has 0 aliphatic carbocycles. The maximum Gasteiger partial charge on any atom is 0.310 e. The molecule has 11 heteroatoms. The molecule has 2 rings (SSSR count). The first-order valence-electron chi connectivity index (χ1n) is 8.91. The molecule has 0 aromatic carbocycles. The molecular formula is C16H27IN6O4. The van der Waals surface area contributed by atoms with Crippen LogP contribution >= 0.6 is 24.0 Å². The van der Waals surface area contributed by atoms with Crippen molar-refractivity contribution in [2.75, 3.05) is 32.8 Å². The number of piperidine rings is 1. The summed E-state index contributed by atoms with van der Waals surface area (Å²) in [4.78, 5) is 28.9. The number of likely N-dealkylation sites (tertiary alicyclic amines) is 1. The number of hydrogen-bond acceptors (Lipinski definition) is 6. The maximum atomic E-state index is 12.0. The minimum atomic E-state index is -0.472. The molecule has 2 heterocycles. The van der Waals surface area contributed by atoms with Gasteiger partial charge in [-0.3, -0.25) is 24.6 Å². The summed E-state index contributed by atoms with van der Waals surface area (Å²) in [6, 6.07) is 0. The van der Waals surface area contributed by atoms with E-state index in [1.165, 1.54) is 17.1 Å². The van der Waals surface area contributed by atoms with E-state index in [1.807, 2.05) is 13.8 Å². The lowest BCUT2D eigenvalue weighted by Gasteiger charge is -2.34. The van der Waals surface area contributed by atoms with Crippen LogP contribution in [0.2, 0.25) is 0 Å². The Hall–Kier alpha value is -1.92. The zero-order chi connectivity index (χ0) is 18.9. The summed E-state index contributed by atoms with van der Waals surface area (Å²) in [6.45, 7) is 7.18. The van der Waals surface area contributed by atoms with E-state index in [0.29, 0.717) is 32.8 Å². The van der Waals surface area contributed by atoms with E-state index < -0.39 is 4.92 Å². The van der Waals surface area contributed by atoms with Crippen LogP contribution < -0.4 is 5.32 Å². The normalized spacial score (nSPS) is 17.2. The predicted molar refractivity (Wildman–Crippen MR) is 111 cm³/mol. The van der Waals surface area contributed by atoms with Gasteiger partial charge in [0.25, 0.3) is 0 Å². The molecule has 0 bridgehead atoms. The fraction of sp³-hybridized carbons (Fsp3) is 0.688. The molecule has 1 aromatic rings. The molecule has 1 atom stereocenters. The van der Waals surface area contributed by atoms with Crippen LogP contribution in [0.5, 0.6) is 0 Å². The highest BCUT2D eigenvalue weighted by atomic mass is 127. The van der Waals surface area contributed by atoms with Crippen LogP contribution in [0, 0.1) is 16.0 Å². The molecule has 1 aliphatic rings. The highest BCUT2D eigenvalue weighted by Gasteiger charge is 2.28. The number of ether oxygens (including phenoxy) is 1. The van der Waals surface area contributed by atoms with E-state index in [-0.39, 0.29) is 41.6 Å². The smallest absolute Gasteiger partial charge is 0.310 e. The molecule has 27 heavy (non-hydrogen) atoms. The minimum absolute atomic E-state index is 0. The molecule has 0 unspecified atom stereocenters. The number of nitrogens with one attached hydrogen (secondary N) is 1. The zero-order valence-corrected chi connectivity index (χ0v) is 18.0. The van der Waals surface area contributed by atoms with Gasteiger partial charge >= 0.3 is 11.7 Å². The number of nitro groups is 1. The third kappa shape index (κ3) is 6.96. The van der Waals surface area contributed by atoms with Crippen molar-refractivity contribution in [1.29, 1.82) is 0 Å². The number of guanidine groups is 1. The Bertz CT molecular complexity index is 651. The van der Waals surface area contributed by atoms with Gasteiger partial charge in [-0.15, -0.1) is 24.0 Å². The van der Waals surface area contributed by atoms with Crippen molar-refractivity contribution in [3.63, 3.8) is 0 Å². The average molecular weight is 494 g/mol. The van der Waals surface area contributed by atoms with Gasteiger partial charge in [0.2, 0.25) is 0 Å². The Labute approximate surface area is 175 Å². The Morgan fingerprint density at radius 2 is 2.30 bits per heavy atom. The van der Waals surface area contributed by atoms with Crippen LogP contribution in [-0.4, -0.2) is 64.3 Å². The summed E-state index contributed by atoms with van der Waals surface area (Å²) in [7, 11) is 0. The molecule has 1 aromatic heterocycles. The van der Waals surface area contributed by atoms with Crippen LogP contribution in [0.15, 0.2) is 17.4 Å². The number of carbonyl (C=O) groups excluding carboxylic acids is 1. The third-order valence-electron chi connectivity index (χ3n) is 4.10. The van der Waals surface area contributed by atoms with Gasteiger partial charge in [0.1, 0.15) is 12.4 Å². The lowest BCUT2D eigenvalue weighted by atomic mass is 9.98. The van der Waals surface area contributed by atoms with Crippen molar-refractivity contribution in [3.8, 4) is 0 Å². The number of halogens is 1. The van der Waals surface area contributed by atoms with Gasteiger partial charge in [0.15, 0.2) is 5.96 Å². The zero-order valence-electron chi connectivity index (χ0n) is 15.7. The van der Waals surface area contributed by atoms with E-state index in [0.717, 1.165) is 25.3 Å². The molecular weight excluding hydrogens is 467 g/mol. The maximum absolute atomic E-state index is 12.0. The minimum Gasteiger partial charge on any atom is -0.466 e. The second-order valence-corrected chi connectivity index (χ2v) is 5.99. The topological polar surface area (TPSA) is 115 Å². The Kier molecular flexibility index (Phi) is 10.0. The lowest BCUT2D eigenvalue weighted by molar-refractivity contribution is -0.385. The number of nitrogens with zero attached hydrogens (tertiary/aromatic N) is 5. The first-order valence-corrected chi connectivity index (χ1v) is 8.91. The average Bonchev–Trinajstić information content (AvgIpc) is 3.10. The van der Waals surface area contributed by atoms with E-state index >= 15 is 0 Å². The molecule has 0 saturated carbocycles. The molecule has 1 saturated heterocycles. The molecule has 10 nitrogen and oxygen atoms in total. The van der Waals surface area contributed by atoms with Crippen molar-refractivity contribution in [1.82, 2.24) is 20.0 Å². The van der Waals surface area contributed by atoms with Crippen LogP contribution in [0.4, 0.5) is 5.69 Å². The van der Waals surface area contributed by atoms with Crippen LogP contribution in [0.1, 0.15) is 26.7 Å². The van der Waals surface area contributed by atoms with Gasteiger partial charge in [0.05, 0.1) is 30.5 Å². The quantitative estimate of drug-likeness (QED) is 0.153. The number of aliphatic imine (C=N–C) groups is 1. The molecule has 0 amide bonds. The largest absolute Gasteiger partial charge is 0.466 e. The number of aromatic nitrogens is 2. The van der Waals surface area contributed by atoms with Gasteiger partial charge < -0.3 is 15.0 Å². The summed E-state index contributed by atoms with van der Waals surface area (Å²) >= 11 is 0. The number of rotatable bonds is 7. The summed E-state index contributed by atoms with van der Waals surface area (Å²) in [5.41, 5.74) is -0.0332. The Morgan fingerprint density at radius 1 is 1.52 bits per heavy atom. The third-order valence-corrected chi connectivity index (χ3v) is 4.10. The number of hydrogen-bond donors (Lipinski definition) is 1. The second-order valence-electron chi connectivity index (χ2n) is 5.99. The molecule has 0 radical (unpaired) electrons. The summed E-state index contributed by atoms with van der Waals surface area (Å²) in [5.74, 6) is 0.446. The molecule has 0 spiro atoms. The molecule has 152 valence electrons. The van der Waals surface area contributed by atoms with Crippen LogP contribution in [0.3, 0.4) is 0 Å². The number of esters is 1. The lowest BCUT2D eigenvalue weighted by Crippen LogP contribution is -2.48. The monoisotopic (exact) mass is 494 g/mol. The SMILES string of the molecule is CCNC(=NCCn1cc([N+](=O)[O-])cn1)N1CCC[C@H](C(=O)OCC)C1.I. The predicted octanol–water partition coefficient (Wildman–Crippen LogP) is 1.65. The van der Waals surface area contributed by atoms with Crippen molar-refractivity contribution < 1.29 is 14.5 Å². The molecule has 1 fully saturated rings. The van der Waals surface area contributed by atoms with Crippen LogP contribution in [0.25, 0.3) is 0 Å². The Morgan fingerprint density at radius 3 is 2.93 bits per heavy atom. The standard InChI is InChI=1S/C16H26N6O4.HI/c1-3-17-16(18-7-9-21-12-14(10-19-21)22(24)25)20-8-5-6-13(11-20)15(23)26-4-2;/h10,12-13H,3-9,11H2,1-2H3,(H,17,18);1H/t13-;/m0./s1. The van der Waals surface area contributed by atoms with Gasteiger partial charge in [-0.25, -0.2) is 0 Å². The Balaban J connectivity index is 0.00000364. The van der Waals surface area contributed by atoms with Gasteiger partial charge in [-0.05, 0) is 26.7 Å². The molecule has 1 N–H and O–H groups in total. The molecule has 1 aliphatic heterocycles. The fourth-order valence-corrected chi connectivity index (χ4v) is 2.88. The van der Waals surface area contributed by atoms with Gasteiger partial charge in [0, 0.05) is 19.6 Å².